The zero-order valence-corrected chi connectivity index (χ0v) is 17.4. The van der Waals surface area contributed by atoms with Gasteiger partial charge in [-0.3, -0.25) is 9.59 Å². The van der Waals surface area contributed by atoms with Gasteiger partial charge in [0.1, 0.15) is 0 Å². The Balaban J connectivity index is 1.57. The summed E-state index contributed by atoms with van der Waals surface area (Å²) >= 11 is 0. The van der Waals surface area contributed by atoms with Crippen LogP contribution < -0.4 is 0 Å². The van der Waals surface area contributed by atoms with Crippen LogP contribution in [0.4, 0.5) is 0 Å². The monoisotopic (exact) mass is 378 g/mol. The predicted octanol–water partition coefficient (Wildman–Crippen LogP) is 4.12. The Labute approximate surface area is 168 Å². The van der Waals surface area contributed by atoms with Crippen LogP contribution in [0, 0.1) is 26.7 Å². The van der Waals surface area contributed by atoms with E-state index in [0.29, 0.717) is 19.6 Å². The second-order valence-electron chi connectivity index (χ2n) is 8.01. The maximum absolute atomic E-state index is 12.9. The van der Waals surface area contributed by atoms with Gasteiger partial charge in [0.25, 0.3) is 5.91 Å². The van der Waals surface area contributed by atoms with Crippen molar-refractivity contribution >= 4 is 11.8 Å². The fourth-order valence-corrected chi connectivity index (χ4v) is 3.98. The van der Waals surface area contributed by atoms with Crippen molar-refractivity contribution in [3.05, 3.63) is 70.3 Å². The Morgan fingerprint density at radius 3 is 2.32 bits per heavy atom. The fourth-order valence-electron chi connectivity index (χ4n) is 3.98. The zero-order valence-electron chi connectivity index (χ0n) is 17.4. The Bertz CT molecular complexity index is 867. The van der Waals surface area contributed by atoms with Gasteiger partial charge in [-0.05, 0) is 56.4 Å². The largest absolute Gasteiger partial charge is 0.341 e. The molecule has 0 aliphatic carbocycles. The van der Waals surface area contributed by atoms with Crippen LogP contribution in [-0.4, -0.2) is 41.8 Å². The first-order valence-corrected chi connectivity index (χ1v) is 10.0. The molecule has 1 saturated heterocycles. The summed E-state index contributed by atoms with van der Waals surface area (Å²) in [4.78, 5) is 29.4. The topological polar surface area (TPSA) is 40.6 Å². The van der Waals surface area contributed by atoms with E-state index in [0.717, 1.165) is 24.0 Å². The molecule has 0 bridgehead atoms. The third-order valence-corrected chi connectivity index (χ3v) is 5.79. The van der Waals surface area contributed by atoms with E-state index in [9.17, 15) is 9.59 Å². The van der Waals surface area contributed by atoms with Crippen molar-refractivity contribution < 1.29 is 9.59 Å². The fraction of sp³-hybridized carbons (Fsp3) is 0.417. The molecule has 0 saturated carbocycles. The summed E-state index contributed by atoms with van der Waals surface area (Å²) < 4.78 is 0. The first kappa shape index (κ1) is 20.1. The average molecular weight is 379 g/mol. The summed E-state index contributed by atoms with van der Waals surface area (Å²) in [6.45, 7) is 8.05. The number of rotatable bonds is 4. The molecule has 0 spiro atoms. The standard InChI is InChI=1S/C24H30N2O2/c1-17-9-10-21(19(3)15-17)16-25(4)23(27)20-11-13-26(14-12-20)24(28)22-8-6-5-7-18(22)2/h5-10,15,20H,11-14,16H2,1-4H3. The van der Waals surface area contributed by atoms with E-state index in [1.165, 1.54) is 16.7 Å². The van der Waals surface area contributed by atoms with Crippen LogP contribution in [0.25, 0.3) is 0 Å². The molecule has 0 N–H and O–H groups in total. The highest BCUT2D eigenvalue weighted by Gasteiger charge is 2.30. The molecule has 1 aliphatic heterocycles. The number of piperidine rings is 1. The van der Waals surface area contributed by atoms with Crippen LogP contribution >= 0.6 is 0 Å². The van der Waals surface area contributed by atoms with E-state index in [2.05, 4.69) is 32.0 Å². The highest BCUT2D eigenvalue weighted by Crippen LogP contribution is 2.23. The van der Waals surface area contributed by atoms with Crippen molar-refractivity contribution in [1.29, 1.82) is 0 Å². The molecule has 28 heavy (non-hydrogen) atoms. The number of carbonyl (C=O) groups excluding carboxylic acids is 2. The predicted molar refractivity (Wildman–Crippen MR) is 112 cm³/mol. The van der Waals surface area contributed by atoms with Crippen molar-refractivity contribution in [1.82, 2.24) is 9.80 Å². The second-order valence-corrected chi connectivity index (χ2v) is 8.01. The summed E-state index contributed by atoms with van der Waals surface area (Å²) in [6.07, 6.45) is 1.46. The molecule has 0 radical (unpaired) electrons. The Hall–Kier alpha value is -2.62. The number of aryl methyl sites for hydroxylation is 3. The molecule has 1 aliphatic rings. The van der Waals surface area contributed by atoms with Gasteiger partial charge in [-0.2, -0.15) is 0 Å². The second kappa shape index (κ2) is 8.59. The molecular weight excluding hydrogens is 348 g/mol. The van der Waals surface area contributed by atoms with E-state index in [4.69, 9.17) is 0 Å². The van der Waals surface area contributed by atoms with Gasteiger partial charge < -0.3 is 9.80 Å². The lowest BCUT2D eigenvalue weighted by atomic mass is 9.94. The molecule has 2 amide bonds. The number of carbonyl (C=O) groups is 2. The molecule has 1 heterocycles. The minimum Gasteiger partial charge on any atom is -0.341 e. The van der Waals surface area contributed by atoms with E-state index >= 15 is 0 Å². The molecule has 4 nitrogen and oxygen atoms in total. The van der Waals surface area contributed by atoms with Gasteiger partial charge >= 0.3 is 0 Å². The smallest absolute Gasteiger partial charge is 0.254 e. The molecule has 148 valence electrons. The molecule has 1 fully saturated rings. The summed E-state index contributed by atoms with van der Waals surface area (Å²) in [5.74, 6) is 0.257. The summed E-state index contributed by atoms with van der Waals surface area (Å²) in [7, 11) is 1.88. The van der Waals surface area contributed by atoms with Crippen molar-refractivity contribution in [2.45, 2.75) is 40.2 Å². The Kier molecular flexibility index (Phi) is 6.18. The lowest BCUT2D eigenvalue weighted by Gasteiger charge is -2.33. The molecule has 2 aromatic carbocycles. The zero-order chi connectivity index (χ0) is 20.3. The van der Waals surface area contributed by atoms with E-state index in [1.54, 1.807) is 0 Å². The highest BCUT2D eigenvalue weighted by atomic mass is 16.2. The summed E-state index contributed by atoms with van der Waals surface area (Å²) in [5.41, 5.74) is 5.41. The van der Waals surface area contributed by atoms with Gasteiger partial charge in [-0.25, -0.2) is 0 Å². The molecule has 0 unspecified atom stereocenters. The van der Waals surface area contributed by atoms with Gasteiger partial charge in [-0.15, -0.1) is 0 Å². The molecule has 0 atom stereocenters. The normalized spacial score (nSPS) is 14.8. The number of amides is 2. The lowest BCUT2D eigenvalue weighted by molar-refractivity contribution is -0.136. The maximum Gasteiger partial charge on any atom is 0.254 e. The lowest BCUT2D eigenvalue weighted by Crippen LogP contribution is -2.43. The van der Waals surface area contributed by atoms with Crippen molar-refractivity contribution in [3.63, 3.8) is 0 Å². The van der Waals surface area contributed by atoms with Gasteiger partial charge in [0, 0.05) is 38.2 Å². The number of nitrogens with zero attached hydrogens (tertiary/aromatic N) is 2. The summed E-state index contributed by atoms with van der Waals surface area (Å²) in [5, 5.41) is 0. The van der Waals surface area contributed by atoms with Crippen LogP contribution in [0.15, 0.2) is 42.5 Å². The Morgan fingerprint density at radius 1 is 1.00 bits per heavy atom. The molecule has 3 rings (SSSR count). The van der Waals surface area contributed by atoms with Crippen molar-refractivity contribution in [2.24, 2.45) is 5.92 Å². The van der Waals surface area contributed by atoms with E-state index in [1.807, 2.05) is 48.0 Å². The average Bonchev–Trinajstić information content (AvgIpc) is 2.69. The Morgan fingerprint density at radius 2 is 1.68 bits per heavy atom. The molecule has 0 aromatic heterocycles. The maximum atomic E-state index is 12.9. The van der Waals surface area contributed by atoms with Crippen molar-refractivity contribution in [2.75, 3.05) is 20.1 Å². The van der Waals surface area contributed by atoms with Crippen LogP contribution in [-0.2, 0) is 11.3 Å². The molecule has 4 heteroatoms. The van der Waals surface area contributed by atoms with Gasteiger partial charge in [0.05, 0.1) is 0 Å². The number of hydrogen-bond donors (Lipinski definition) is 0. The van der Waals surface area contributed by atoms with Crippen LogP contribution in [0.5, 0.6) is 0 Å². The van der Waals surface area contributed by atoms with Crippen LogP contribution in [0.3, 0.4) is 0 Å². The minimum absolute atomic E-state index is 0.00308. The van der Waals surface area contributed by atoms with E-state index < -0.39 is 0 Å². The number of likely N-dealkylation sites (tertiary alicyclic amines) is 1. The van der Waals surface area contributed by atoms with Crippen LogP contribution in [0.1, 0.15) is 45.5 Å². The number of benzene rings is 2. The number of hydrogen-bond acceptors (Lipinski definition) is 2. The first-order valence-electron chi connectivity index (χ1n) is 10.0. The van der Waals surface area contributed by atoms with Crippen molar-refractivity contribution in [3.8, 4) is 0 Å². The van der Waals surface area contributed by atoms with E-state index in [-0.39, 0.29) is 17.7 Å². The van der Waals surface area contributed by atoms with Gasteiger partial charge in [-0.1, -0.05) is 42.0 Å². The third kappa shape index (κ3) is 4.44. The molecular formula is C24H30N2O2. The van der Waals surface area contributed by atoms with Crippen LogP contribution in [0.2, 0.25) is 0 Å². The minimum atomic E-state index is -0.00308. The SMILES string of the molecule is Cc1ccc(CN(C)C(=O)C2CCN(C(=O)c3ccccc3C)CC2)c(C)c1. The molecule has 2 aromatic rings. The highest BCUT2D eigenvalue weighted by molar-refractivity contribution is 5.95. The van der Waals surface area contributed by atoms with Gasteiger partial charge in [0.2, 0.25) is 5.91 Å². The summed E-state index contributed by atoms with van der Waals surface area (Å²) in [6, 6.07) is 14.1. The van der Waals surface area contributed by atoms with Gasteiger partial charge in [0.15, 0.2) is 0 Å². The third-order valence-electron chi connectivity index (χ3n) is 5.79. The quantitative estimate of drug-likeness (QED) is 0.803. The first-order chi connectivity index (χ1) is 13.4.